The Morgan fingerprint density at radius 2 is 1.29 bits per heavy atom. The van der Waals surface area contributed by atoms with Crippen LogP contribution in [-0.2, 0) is 22.4 Å². The Balaban J connectivity index is 1.16. The molecule has 1 aliphatic rings. The van der Waals surface area contributed by atoms with Crippen molar-refractivity contribution in [2.45, 2.75) is 50.4 Å². The molecule has 4 aromatic rings. The number of carbonyl (C=O) groups excluding carboxylic acids is 2. The molecule has 0 radical (unpaired) electrons. The van der Waals surface area contributed by atoms with Gasteiger partial charge in [0.15, 0.2) is 0 Å². The van der Waals surface area contributed by atoms with Crippen LogP contribution in [0.5, 0.6) is 0 Å². The first-order valence-corrected chi connectivity index (χ1v) is 14.3. The molecule has 1 fully saturated rings. The lowest BCUT2D eigenvalue weighted by atomic mass is 9.82. The predicted octanol–water partition coefficient (Wildman–Crippen LogP) is 5.32. The summed E-state index contributed by atoms with van der Waals surface area (Å²) in [5.41, 5.74) is 0. The molecule has 0 unspecified atom stereocenters. The molecule has 0 aliphatic heterocycles. The van der Waals surface area contributed by atoms with Gasteiger partial charge in [-0.3, -0.25) is 9.59 Å². The fourth-order valence-electron chi connectivity index (χ4n) is 4.01. The number of hydrogen-bond donors (Lipinski definition) is 2. The van der Waals surface area contributed by atoms with Gasteiger partial charge in [-0.05, 0) is 42.2 Å². The van der Waals surface area contributed by atoms with Crippen molar-refractivity contribution in [3.63, 3.8) is 0 Å². The molecule has 0 bridgehead atoms. The highest BCUT2D eigenvalue weighted by Gasteiger charge is 2.29. The maximum Gasteiger partial charge on any atom is 0.231 e. The lowest BCUT2D eigenvalue weighted by molar-refractivity contribution is -0.116. The average molecular weight is 531 g/mol. The second kappa shape index (κ2) is 10.8. The van der Waals surface area contributed by atoms with Gasteiger partial charge in [0.05, 0.1) is 12.8 Å². The van der Waals surface area contributed by atoms with E-state index < -0.39 is 0 Å². The van der Waals surface area contributed by atoms with Crippen molar-refractivity contribution < 1.29 is 9.59 Å². The number of hydrogen-bond acceptors (Lipinski definition) is 10. The van der Waals surface area contributed by atoms with Crippen LogP contribution >= 0.6 is 45.3 Å². The van der Waals surface area contributed by atoms with Crippen LogP contribution in [0.1, 0.15) is 57.3 Å². The molecule has 0 aromatic carbocycles. The largest absolute Gasteiger partial charge is 0.300 e. The smallest absolute Gasteiger partial charge is 0.231 e. The fourth-order valence-corrected chi connectivity index (χ4v) is 7.23. The van der Waals surface area contributed by atoms with Crippen LogP contribution < -0.4 is 10.6 Å². The van der Waals surface area contributed by atoms with Gasteiger partial charge in [-0.1, -0.05) is 41.2 Å². The molecule has 1 aliphatic carbocycles. The van der Waals surface area contributed by atoms with Gasteiger partial charge in [-0.15, -0.1) is 43.1 Å². The molecular formula is C22H22N6O2S4. The standard InChI is InChI=1S/C22H22N6O2S4/c29-17(11-15-6-2-8-31-15)23-21-27-25-19(33-21)13-4-1-5-14(10-13)20-26-28-22(34-20)24-18(30)12-16-7-3-9-32-16/h2-3,6-9,13-14H,1,4-5,10-12H2,(H,23,27,29)(H,24,28,30)/t13-,14-/m0/s1. The minimum absolute atomic E-state index is 0.0748. The zero-order chi connectivity index (χ0) is 23.3. The molecule has 34 heavy (non-hydrogen) atoms. The second-order valence-electron chi connectivity index (χ2n) is 8.06. The molecule has 2 amide bonds. The lowest BCUT2D eigenvalue weighted by Gasteiger charge is -2.25. The maximum absolute atomic E-state index is 12.3. The van der Waals surface area contributed by atoms with Crippen LogP contribution in [0.15, 0.2) is 35.0 Å². The third kappa shape index (κ3) is 5.93. The Morgan fingerprint density at radius 1 is 0.794 bits per heavy atom. The molecule has 176 valence electrons. The summed E-state index contributed by atoms with van der Waals surface area (Å²) in [5.74, 6) is 0.406. The van der Waals surface area contributed by atoms with E-state index in [4.69, 9.17) is 0 Å². The van der Waals surface area contributed by atoms with Crippen molar-refractivity contribution in [3.8, 4) is 0 Å². The van der Waals surface area contributed by atoms with Gasteiger partial charge < -0.3 is 10.6 Å². The molecule has 12 heteroatoms. The molecule has 8 nitrogen and oxygen atoms in total. The van der Waals surface area contributed by atoms with Crippen molar-refractivity contribution in [3.05, 3.63) is 54.8 Å². The van der Waals surface area contributed by atoms with E-state index in [1.54, 1.807) is 22.7 Å². The number of thiophene rings is 2. The summed E-state index contributed by atoms with van der Waals surface area (Å²) >= 11 is 6.04. The van der Waals surface area contributed by atoms with E-state index in [0.717, 1.165) is 45.5 Å². The van der Waals surface area contributed by atoms with Crippen LogP contribution in [0.2, 0.25) is 0 Å². The van der Waals surface area contributed by atoms with E-state index in [1.165, 1.54) is 22.7 Å². The van der Waals surface area contributed by atoms with Gasteiger partial charge in [0.2, 0.25) is 22.1 Å². The van der Waals surface area contributed by atoms with Crippen LogP contribution in [0.4, 0.5) is 10.3 Å². The van der Waals surface area contributed by atoms with Crippen molar-refractivity contribution in [1.29, 1.82) is 0 Å². The molecule has 1 saturated carbocycles. The summed E-state index contributed by atoms with van der Waals surface area (Å²) < 4.78 is 0. The van der Waals surface area contributed by atoms with Crippen LogP contribution in [0, 0.1) is 0 Å². The van der Waals surface area contributed by atoms with E-state index in [0.29, 0.717) is 23.1 Å². The molecule has 0 saturated heterocycles. The molecule has 2 N–H and O–H groups in total. The van der Waals surface area contributed by atoms with Gasteiger partial charge in [0, 0.05) is 21.6 Å². The van der Waals surface area contributed by atoms with Gasteiger partial charge in [-0.25, -0.2) is 0 Å². The average Bonchev–Trinajstić information content (AvgIpc) is 3.63. The quantitative estimate of drug-likeness (QED) is 0.319. The molecule has 5 rings (SSSR count). The number of aromatic nitrogens is 4. The Bertz CT molecular complexity index is 1140. The number of rotatable bonds is 8. The van der Waals surface area contributed by atoms with E-state index in [2.05, 4.69) is 31.0 Å². The summed E-state index contributed by atoms with van der Waals surface area (Å²) in [6.07, 6.45) is 4.75. The third-order valence-corrected chi connectivity index (χ3v) is 9.33. The van der Waals surface area contributed by atoms with Crippen molar-refractivity contribution in [2.75, 3.05) is 10.6 Å². The molecule has 0 spiro atoms. The lowest BCUT2D eigenvalue weighted by Crippen LogP contribution is -2.13. The Morgan fingerprint density at radius 3 is 1.74 bits per heavy atom. The molecular weight excluding hydrogens is 509 g/mol. The number of nitrogens with zero attached hydrogens (tertiary/aromatic N) is 4. The second-order valence-corrected chi connectivity index (χ2v) is 12.1. The summed E-state index contributed by atoms with van der Waals surface area (Å²) in [7, 11) is 0. The summed E-state index contributed by atoms with van der Waals surface area (Å²) in [4.78, 5) is 26.6. The highest BCUT2D eigenvalue weighted by Crippen LogP contribution is 2.43. The minimum atomic E-state index is -0.0748. The van der Waals surface area contributed by atoms with Crippen LogP contribution in [0.25, 0.3) is 0 Å². The molecule has 4 aromatic heterocycles. The number of nitrogens with one attached hydrogen (secondary N) is 2. The predicted molar refractivity (Wildman–Crippen MR) is 137 cm³/mol. The fraction of sp³-hybridized carbons (Fsp3) is 0.364. The van der Waals surface area contributed by atoms with Gasteiger partial charge in [0.25, 0.3) is 0 Å². The van der Waals surface area contributed by atoms with Crippen molar-refractivity contribution in [2.24, 2.45) is 0 Å². The van der Waals surface area contributed by atoms with Crippen molar-refractivity contribution >= 4 is 67.4 Å². The molecule has 4 heterocycles. The molecule has 2 atom stereocenters. The van der Waals surface area contributed by atoms with Crippen molar-refractivity contribution in [1.82, 2.24) is 20.4 Å². The Hall–Kier alpha value is -2.54. The monoisotopic (exact) mass is 530 g/mol. The third-order valence-electron chi connectivity index (χ3n) is 5.58. The zero-order valence-electron chi connectivity index (χ0n) is 18.1. The number of carbonyl (C=O) groups is 2. The Kier molecular flexibility index (Phi) is 7.38. The highest BCUT2D eigenvalue weighted by atomic mass is 32.1. The Labute approximate surface area is 212 Å². The zero-order valence-corrected chi connectivity index (χ0v) is 21.4. The summed E-state index contributed by atoms with van der Waals surface area (Å²) in [6.45, 7) is 0. The topological polar surface area (TPSA) is 110 Å². The summed E-state index contributed by atoms with van der Waals surface area (Å²) in [5, 5.41) is 29.8. The first-order chi connectivity index (χ1) is 16.6. The summed E-state index contributed by atoms with van der Waals surface area (Å²) in [6, 6.07) is 7.78. The highest BCUT2D eigenvalue weighted by molar-refractivity contribution is 7.16. The van der Waals surface area contributed by atoms with E-state index in [9.17, 15) is 9.59 Å². The first kappa shape index (κ1) is 23.2. The van der Waals surface area contributed by atoms with Crippen LogP contribution in [-0.4, -0.2) is 32.2 Å². The van der Waals surface area contributed by atoms with Gasteiger partial charge in [0.1, 0.15) is 10.0 Å². The van der Waals surface area contributed by atoms with E-state index >= 15 is 0 Å². The van der Waals surface area contributed by atoms with Gasteiger partial charge in [-0.2, -0.15) is 0 Å². The number of anilines is 2. The SMILES string of the molecule is O=C(Cc1cccs1)Nc1nnc([C@H]2CCC[C@H](c3nnc(NC(=O)Cc4cccs4)s3)C2)s1. The van der Waals surface area contributed by atoms with Crippen LogP contribution in [0.3, 0.4) is 0 Å². The minimum Gasteiger partial charge on any atom is -0.300 e. The number of amides is 2. The van der Waals surface area contributed by atoms with E-state index in [1.807, 2.05) is 35.0 Å². The maximum atomic E-state index is 12.3. The van der Waals surface area contributed by atoms with Gasteiger partial charge >= 0.3 is 0 Å². The van der Waals surface area contributed by atoms with E-state index in [-0.39, 0.29) is 23.7 Å². The first-order valence-electron chi connectivity index (χ1n) is 10.9. The normalized spacial score (nSPS) is 18.0.